The summed E-state index contributed by atoms with van der Waals surface area (Å²) in [4.78, 5) is 106. The standard InChI is InChI=1S/C88H120N2O17.CH4O3S/c1-55(2)30-27-31-56(3)32-28-33-57(4)34-29-45-85(13)46-43-67-58(5)59(6)76(61(8)77(67)107-85)104-71(93)41-42-72(94)105-79(75(66-39-23-17-24-40-66)89-52-64-35-19-15-20-36-64)83(97)102-68-51-88(98)82(99-53-65-37-21-16-22-38-65)80-86(14,81(96)78(101-62(9)91)74(60(68)7)84(88,11)12)69(50-70-87(80,54-100-70)106-63(10)92)103-73(95)44-49-90-47-25-18-26-48-90;1-5(2,3)4/h15-17,19-24,35-40,55-57,68-70,75,78-80,82,89,98H,18,25-34,41-54H2,1-14H3;1H3,(H,2,3,4)/t56-,57-,68-,69-,70+,75-,78+,79+,80-,82-,85?,86+,87-,88+;/m0./s1. The number of benzene rings is 4. The van der Waals surface area contributed by atoms with Crippen LogP contribution in [0.1, 0.15) is 237 Å². The fourth-order valence-electron chi connectivity index (χ4n) is 18.2. The van der Waals surface area contributed by atoms with Gasteiger partial charge in [-0.15, -0.1) is 0 Å². The number of ketones is 1. The Morgan fingerprint density at radius 3 is 1.88 bits per heavy atom. The number of Topliss-reactive ketones (excluding diaryl/α,β-unsaturated/α-hetero) is 1. The first kappa shape index (κ1) is 88.6. The molecule has 0 aromatic heterocycles. The zero-order valence-electron chi connectivity index (χ0n) is 68.8. The quantitative estimate of drug-likeness (QED) is 0.0131. The lowest BCUT2D eigenvalue weighted by molar-refractivity contribution is -0.352. The van der Waals surface area contributed by atoms with Gasteiger partial charge in [0.2, 0.25) is 6.10 Å². The number of rotatable bonds is 33. The molecule has 2 bridgehead atoms. The Balaban J connectivity index is 0.00000279. The van der Waals surface area contributed by atoms with Crippen LogP contribution in [0.25, 0.3) is 0 Å². The molecule has 112 heavy (non-hydrogen) atoms. The molecule has 22 nitrogen and oxygen atoms in total. The molecule has 3 N–H and O–H groups in total. The van der Waals surface area contributed by atoms with Gasteiger partial charge < -0.3 is 58.0 Å². The molecular formula is C89H124N2O20S. The van der Waals surface area contributed by atoms with Crippen LogP contribution in [0.3, 0.4) is 0 Å². The van der Waals surface area contributed by atoms with Crippen molar-refractivity contribution in [2.75, 3.05) is 32.5 Å². The summed E-state index contributed by atoms with van der Waals surface area (Å²) < 4.78 is 85.1. The summed E-state index contributed by atoms with van der Waals surface area (Å²) in [6.45, 7) is 28.3. The number of fused-ring (bicyclic) bond motifs is 6. The van der Waals surface area contributed by atoms with Gasteiger partial charge in [0, 0.05) is 56.7 Å². The maximum absolute atomic E-state index is 16.8. The minimum atomic E-state index is -3.67. The summed E-state index contributed by atoms with van der Waals surface area (Å²) in [7, 11) is -3.67. The van der Waals surface area contributed by atoms with Gasteiger partial charge in [-0.05, 0) is 155 Å². The number of nitrogens with one attached hydrogen (secondary N) is 1. The van der Waals surface area contributed by atoms with Gasteiger partial charge in [0.15, 0.2) is 17.5 Å². The maximum atomic E-state index is 16.8. The van der Waals surface area contributed by atoms with Gasteiger partial charge in [-0.1, -0.05) is 184 Å². The van der Waals surface area contributed by atoms with Crippen LogP contribution in [0.5, 0.6) is 11.5 Å². The number of esters is 6. The number of piperidine rings is 1. The van der Waals surface area contributed by atoms with E-state index >= 15 is 9.59 Å². The Labute approximate surface area is 663 Å². The second-order valence-corrected chi connectivity index (χ2v) is 35.6. The van der Waals surface area contributed by atoms with Crippen molar-refractivity contribution in [3.05, 3.63) is 141 Å². The predicted molar refractivity (Wildman–Crippen MR) is 424 cm³/mol. The number of ether oxygens (including phenoxy) is 9. The van der Waals surface area contributed by atoms with Crippen molar-refractivity contribution in [3.8, 4) is 11.5 Å². The Bertz CT molecular complexity index is 4060. The molecule has 10 rings (SSSR count). The fourth-order valence-corrected chi connectivity index (χ4v) is 18.2. The zero-order valence-corrected chi connectivity index (χ0v) is 69.6. The Morgan fingerprint density at radius 1 is 0.705 bits per heavy atom. The summed E-state index contributed by atoms with van der Waals surface area (Å²) in [6.07, 6.45) is 5.77. The van der Waals surface area contributed by atoms with Gasteiger partial charge in [0.25, 0.3) is 10.1 Å². The van der Waals surface area contributed by atoms with E-state index in [4.69, 9.17) is 47.2 Å². The molecule has 2 saturated heterocycles. The number of hydrogen-bond acceptors (Lipinski definition) is 21. The van der Waals surface area contributed by atoms with E-state index in [2.05, 4.69) is 44.8 Å². The topological polar surface area (TPSA) is 292 Å². The third-order valence-electron chi connectivity index (χ3n) is 24.7. The third kappa shape index (κ3) is 21.6. The lowest BCUT2D eigenvalue weighted by atomic mass is 9.44. The molecule has 0 spiro atoms. The van der Waals surface area contributed by atoms with E-state index in [0.29, 0.717) is 41.2 Å². The van der Waals surface area contributed by atoms with Crippen LogP contribution in [0.2, 0.25) is 0 Å². The van der Waals surface area contributed by atoms with Crippen molar-refractivity contribution < 1.29 is 94.3 Å². The molecule has 1 unspecified atom stereocenters. The van der Waals surface area contributed by atoms with Crippen LogP contribution >= 0.6 is 0 Å². The number of nitrogens with zero attached hydrogens (tertiary/aromatic N) is 1. The monoisotopic (exact) mass is 1570 g/mol. The van der Waals surface area contributed by atoms with Crippen molar-refractivity contribution in [2.24, 2.45) is 34.5 Å². The number of carbonyl (C=O) groups excluding carboxylic acids is 7. The van der Waals surface area contributed by atoms with Crippen molar-refractivity contribution in [1.29, 1.82) is 0 Å². The molecule has 3 aliphatic heterocycles. The van der Waals surface area contributed by atoms with E-state index < -0.39 is 147 Å². The summed E-state index contributed by atoms with van der Waals surface area (Å²) in [6, 6.07) is 26.5. The van der Waals surface area contributed by atoms with E-state index in [9.17, 15) is 37.5 Å². The number of hydrogen-bond donors (Lipinski definition) is 3. The molecule has 23 heteroatoms. The van der Waals surface area contributed by atoms with E-state index in [1.165, 1.54) is 45.4 Å². The second-order valence-electron chi connectivity index (χ2n) is 34.1. The smallest absolute Gasteiger partial charge is 0.350 e. The molecule has 0 radical (unpaired) electrons. The van der Waals surface area contributed by atoms with Crippen molar-refractivity contribution >= 4 is 51.7 Å². The van der Waals surface area contributed by atoms with Gasteiger partial charge in [-0.25, -0.2) is 4.79 Å². The van der Waals surface area contributed by atoms with Crippen LogP contribution < -0.4 is 14.8 Å². The molecular weight excluding hydrogens is 1450 g/mol. The van der Waals surface area contributed by atoms with Gasteiger partial charge in [-0.3, -0.25) is 33.3 Å². The molecule has 2 saturated carbocycles. The molecule has 6 aliphatic rings. The molecule has 14 atom stereocenters. The molecule has 0 amide bonds. The van der Waals surface area contributed by atoms with Gasteiger partial charge in [0.1, 0.15) is 41.0 Å². The Morgan fingerprint density at radius 2 is 1.29 bits per heavy atom. The zero-order chi connectivity index (χ0) is 81.7. The lowest BCUT2D eigenvalue weighted by Gasteiger charge is -2.68. The summed E-state index contributed by atoms with van der Waals surface area (Å²) in [5.41, 5.74) is -2.04. The predicted octanol–water partition coefficient (Wildman–Crippen LogP) is 14.8. The van der Waals surface area contributed by atoms with E-state index in [-0.39, 0.29) is 43.7 Å². The first-order valence-electron chi connectivity index (χ1n) is 40.6. The third-order valence-corrected chi connectivity index (χ3v) is 24.7. The summed E-state index contributed by atoms with van der Waals surface area (Å²) >= 11 is 0. The highest BCUT2D eigenvalue weighted by molar-refractivity contribution is 7.85. The van der Waals surface area contributed by atoms with Crippen LogP contribution in [-0.2, 0) is 96.4 Å². The van der Waals surface area contributed by atoms with E-state index in [1.54, 1.807) is 52.0 Å². The van der Waals surface area contributed by atoms with Crippen molar-refractivity contribution in [3.63, 3.8) is 0 Å². The Hall–Kier alpha value is -7.38. The van der Waals surface area contributed by atoms with Crippen LogP contribution in [0.4, 0.5) is 0 Å². The van der Waals surface area contributed by atoms with Crippen LogP contribution in [0.15, 0.2) is 102 Å². The van der Waals surface area contributed by atoms with Crippen molar-refractivity contribution in [2.45, 2.75) is 292 Å². The highest BCUT2D eigenvalue weighted by Crippen LogP contribution is 2.65. The summed E-state index contributed by atoms with van der Waals surface area (Å²) in [5, 5.41) is 18.1. The largest absolute Gasteiger partial charge is 0.487 e. The molecule has 3 aliphatic carbocycles. The fraction of sp³-hybridized carbons (Fsp3) is 0.629. The molecule has 4 fully saturated rings. The van der Waals surface area contributed by atoms with Crippen LogP contribution in [-0.4, -0.2) is 150 Å². The lowest BCUT2D eigenvalue weighted by Crippen LogP contribution is -2.82. The van der Waals surface area contributed by atoms with Crippen molar-refractivity contribution in [1.82, 2.24) is 10.2 Å². The molecule has 4 aromatic rings. The molecule has 4 aromatic carbocycles. The highest BCUT2D eigenvalue weighted by Gasteiger charge is 2.78. The number of likely N-dealkylation sites (tertiary alicyclic amines) is 1. The minimum Gasteiger partial charge on any atom is -0.487 e. The van der Waals surface area contributed by atoms with E-state index in [0.717, 1.165) is 111 Å². The van der Waals surface area contributed by atoms with E-state index in [1.807, 2.05) is 87.5 Å². The summed E-state index contributed by atoms with van der Waals surface area (Å²) in [5.74, 6) is -3.78. The van der Waals surface area contributed by atoms with Gasteiger partial charge in [-0.2, -0.15) is 8.42 Å². The Kier molecular flexibility index (Phi) is 30.3. The normalized spacial score (nSPS) is 26.4. The maximum Gasteiger partial charge on any atom is 0.350 e. The average Bonchev–Trinajstić information content (AvgIpc) is 0.667. The number of aliphatic hydroxyl groups is 1. The van der Waals surface area contributed by atoms with Gasteiger partial charge in [0.05, 0.1) is 56.3 Å². The van der Waals surface area contributed by atoms with Gasteiger partial charge >= 0.3 is 35.8 Å². The average molecular weight is 1570 g/mol. The van der Waals surface area contributed by atoms with Crippen LogP contribution in [0, 0.1) is 55.3 Å². The molecule has 616 valence electrons. The highest BCUT2D eigenvalue weighted by atomic mass is 32.2. The minimum absolute atomic E-state index is 0.000682. The SMILES string of the molecule is CC(=O)O[C@H]1C(=O)[C@]2(C)[C@@H](OC(=O)CCN3CCCCC3)C[C@H]3OC[C@@]3(OC(C)=O)[C@H]2[C@H](OCc2ccccc2)[C@]2(O)C[C@H](OC(=O)[C@H](OC(=O)CCC(=O)Oc3c(C)c(C)c4c(c3C)OC(C)(CCC[C@@H](C)CCC[C@@H](C)CCCC(C)C)CC4)[C@@H](NCc3ccccc3)c3ccccc3)C(C)=C1C2(C)C.CS(=O)(=O)O. The molecule has 3 heterocycles. The second kappa shape index (κ2) is 38.4. The first-order valence-corrected chi connectivity index (χ1v) is 42.4. The first-order chi connectivity index (χ1) is 52.9. The number of carbonyl (C=O) groups is 7.